The van der Waals surface area contributed by atoms with Crippen LogP contribution in [-0.2, 0) is 65.4 Å². The van der Waals surface area contributed by atoms with Crippen LogP contribution >= 0.6 is 15.6 Å². The first-order chi connectivity index (χ1) is 46.7. The number of aliphatic hydroxyl groups excluding tert-OH is 1. The van der Waals surface area contributed by atoms with Crippen LogP contribution in [0.5, 0.6) is 0 Å². The average Bonchev–Trinajstić information content (AvgIpc) is 1.11. The van der Waals surface area contributed by atoms with Crippen LogP contribution in [0.15, 0.2) is 24.3 Å². The van der Waals surface area contributed by atoms with Crippen LogP contribution in [0, 0.1) is 0 Å². The highest BCUT2D eigenvalue weighted by Gasteiger charge is 2.30. The molecule has 5 atom stereocenters. The zero-order chi connectivity index (χ0) is 70.4. The fourth-order valence-electron chi connectivity index (χ4n) is 11.4. The molecule has 19 heteroatoms. The Bertz CT molecular complexity index is 1920. The molecule has 0 aromatic carbocycles. The first kappa shape index (κ1) is 93.5. The number of hydrogen-bond donors (Lipinski definition) is 3. The molecule has 0 heterocycles. The predicted octanol–water partition coefficient (Wildman–Crippen LogP) is 22.6. The van der Waals surface area contributed by atoms with E-state index >= 15 is 0 Å². The Labute approximate surface area is 586 Å². The highest BCUT2D eigenvalue weighted by Crippen LogP contribution is 2.45. The van der Waals surface area contributed by atoms with E-state index in [9.17, 15) is 43.2 Å². The molecule has 566 valence electrons. The molecule has 0 saturated heterocycles. The van der Waals surface area contributed by atoms with E-state index in [1.54, 1.807) is 0 Å². The number of unbranched alkanes of at least 4 members (excludes halogenated alkanes) is 46. The van der Waals surface area contributed by atoms with Gasteiger partial charge in [-0.2, -0.15) is 0 Å². The van der Waals surface area contributed by atoms with Crippen LogP contribution in [0.25, 0.3) is 0 Å². The largest absolute Gasteiger partial charge is 0.472 e. The minimum absolute atomic E-state index is 0.101. The second kappa shape index (κ2) is 71.0. The Hall–Kier alpha value is -2.46. The summed E-state index contributed by atoms with van der Waals surface area (Å²) in [6, 6.07) is 0. The predicted molar refractivity (Wildman–Crippen MR) is 391 cm³/mol. The molecular weight excluding hydrogens is 1260 g/mol. The van der Waals surface area contributed by atoms with E-state index < -0.39 is 97.5 Å². The summed E-state index contributed by atoms with van der Waals surface area (Å²) < 4.78 is 68.5. The number of rotatable bonds is 76. The average molecular weight is 1410 g/mol. The van der Waals surface area contributed by atoms with Gasteiger partial charge >= 0.3 is 39.5 Å². The van der Waals surface area contributed by atoms with E-state index in [-0.39, 0.29) is 25.7 Å². The second-order valence-corrected chi connectivity index (χ2v) is 29.9. The van der Waals surface area contributed by atoms with Gasteiger partial charge in [-0.3, -0.25) is 37.3 Å². The van der Waals surface area contributed by atoms with Crippen LogP contribution in [-0.4, -0.2) is 96.7 Å². The summed E-state index contributed by atoms with van der Waals surface area (Å²) >= 11 is 0. The molecule has 5 unspecified atom stereocenters. The number of allylic oxidation sites excluding steroid dienone is 4. The van der Waals surface area contributed by atoms with Crippen molar-refractivity contribution in [2.75, 3.05) is 39.6 Å². The summed E-state index contributed by atoms with van der Waals surface area (Å²) in [7, 11) is -9.92. The molecule has 0 amide bonds. The van der Waals surface area contributed by atoms with Crippen LogP contribution in [0.1, 0.15) is 387 Å². The van der Waals surface area contributed by atoms with Gasteiger partial charge in [-0.1, -0.05) is 328 Å². The molecule has 0 aliphatic carbocycles. The molecule has 17 nitrogen and oxygen atoms in total. The number of phosphoric ester groups is 2. The summed E-state index contributed by atoms with van der Waals surface area (Å²) in [5, 5.41) is 10.6. The molecule has 0 rings (SSSR count). The zero-order valence-corrected chi connectivity index (χ0v) is 63.6. The van der Waals surface area contributed by atoms with E-state index in [1.165, 1.54) is 193 Å². The summed E-state index contributed by atoms with van der Waals surface area (Å²) in [4.78, 5) is 72.8. The molecule has 0 fully saturated rings. The number of esters is 4. The first-order valence-corrected chi connectivity index (χ1v) is 42.6. The first-order valence-electron chi connectivity index (χ1n) is 39.6. The fraction of sp³-hybridized carbons (Fsp3) is 0.896. The van der Waals surface area contributed by atoms with Crippen molar-refractivity contribution in [3.63, 3.8) is 0 Å². The standard InChI is InChI=1S/C77H146O17P2/c1-5-9-13-17-21-25-29-32-35-38-42-45-49-53-57-61-74(79)87-67-72(93-76(81)63-59-55-51-47-41-28-24-20-16-12-8-4)69-91-95(83,84)89-65-71(78)66-90-96(85,86)92-70-73(94-77(82)64-60-56-52-48-44-40-37-34-31-27-23-19-15-11-7-3)68-88-75(80)62-58-54-50-46-43-39-36-33-30-26-22-18-14-10-6-2/h21,25,32,35,71-73,78H,5-20,22-24,26-31,33-34,36-70H2,1-4H3,(H,83,84)(H,85,86)/b25-21-,35-32-. The Morgan fingerprint density at radius 3 is 0.792 bits per heavy atom. The molecule has 3 N–H and O–H groups in total. The lowest BCUT2D eigenvalue weighted by molar-refractivity contribution is -0.161. The van der Waals surface area contributed by atoms with Crippen molar-refractivity contribution in [1.29, 1.82) is 0 Å². The van der Waals surface area contributed by atoms with Gasteiger partial charge < -0.3 is 33.8 Å². The third kappa shape index (κ3) is 70.0. The molecule has 0 aromatic rings. The Kier molecular flexibility index (Phi) is 69.1. The Balaban J connectivity index is 5.27. The maximum absolute atomic E-state index is 13.1. The van der Waals surface area contributed by atoms with Gasteiger partial charge in [0, 0.05) is 25.7 Å². The molecule has 0 radical (unpaired) electrons. The summed E-state index contributed by atoms with van der Waals surface area (Å²) in [5.74, 6) is -2.14. The fourth-order valence-corrected chi connectivity index (χ4v) is 13.0. The smallest absolute Gasteiger partial charge is 0.462 e. The number of phosphoric acid groups is 2. The SMILES string of the molecule is CCCCC/C=C\C/C=C\CCCCCCCC(=O)OCC(COP(=O)(O)OCC(O)COP(=O)(O)OCC(COC(=O)CCCCCCCCCCCCCCCCC)OC(=O)CCCCCCCCCCCCCCCCC)OC(=O)CCCCCCCCCCCCC. The minimum atomic E-state index is -4.96. The van der Waals surface area contributed by atoms with Crippen LogP contribution in [0.4, 0.5) is 0 Å². The van der Waals surface area contributed by atoms with Gasteiger partial charge in [0.1, 0.15) is 19.3 Å². The highest BCUT2D eigenvalue weighted by molar-refractivity contribution is 7.47. The quantitative estimate of drug-likeness (QED) is 0.0169. The second-order valence-electron chi connectivity index (χ2n) is 27.0. The molecule has 96 heavy (non-hydrogen) atoms. The van der Waals surface area contributed by atoms with E-state index in [1.807, 2.05) is 0 Å². The number of hydrogen-bond acceptors (Lipinski definition) is 15. The maximum Gasteiger partial charge on any atom is 0.472 e. The normalized spacial score (nSPS) is 14.0. The van der Waals surface area contributed by atoms with Gasteiger partial charge in [-0.15, -0.1) is 0 Å². The van der Waals surface area contributed by atoms with Gasteiger partial charge in [-0.05, 0) is 57.8 Å². The summed E-state index contributed by atoms with van der Waals surface area (Å²) in [5.41, 5.74) is 0. The van der Waals surface area contributed by atoms with Crippen molar-refractivity contribution in [3.05, 3.63) is 24.3 Å². The molecule has 0 bridgehead atoms. The molecule has 0 saturated carbocycles. The molecule has 0 aliphatic heterocycles. The highest BCUT2D eigenvalue weighted by atomic mass is 31.2. The van der Waals surface area contributed by atoms with Crippen LogP contribution in [0.2, 0.25) is 0 Å². The van der Waals surface area contributed by atoms with Gasteiger partial charge in [0.05, 0.1) is 26.4 Å². The number of aliphatic hydroxyl groups is 1. The summed E-state index contributed by atoms with van der Waals surface area (Å²) in [6.45, 7) is 4.93. The molecule has 0 spiro atoms. The lowest BCUT2D eigenvalue weighted by Gasteiger charge is -2.21. The topological polar surface area (TPSA) is 237 Å². The Morgan fingerprint density at radius 1 is 0.292 bits per heavy atom. The summed E-state index contributed by atoms with van der Waals surface area (Å²) in [6.07, 6.45) is 64.4. The monoisotopic (exact) mass is 1410 g/mol. The molecule has 0 aromatic heterocycles. The number of ether oxygens (including phenoxy) is 4. The lowest BCUT2D eigenvalue weighted by Crippen LogP contribution is -2.30. The maximum atomic E-state index is 13.1. The minimum Gasteiger partial charge on any atom is -0.462 e. The van der Waals surface area contributed by atoms with Gasteiger partial charge in [0.2, 0.25) is 0 Å². The van der Waals surface area contributed by atoms with Gasteiger partial charge in [0.15, 0.2) is 12.2 Å². The van der Waals surface area contributed by atoms with Crippen molar-refractivity contribution in [2.24, 2.45) is 0 Å². The zero-order valence-electron chi connectivity index (χ0n) is 61.8. The number of carbonyl (C=O) groups excluding carboxylic acids is 4. The van der Waals surface area contributed by atoms with Crippen molar-refractivity contribution in [3.8, 4) is 0 Å². The molecule has 0 aliphatic rings. The molecular formula is C77H146O17P2. The lowest BCUT2D eigenvalue weighted by atomic mass is 10.0. The Morgan fingerprint density at radius 2 is 0.510 bits per heavy atom. The van der Waals surface area contributed by atoms with E-state index in [0.717, 1.165) is 116 Å². The van der Waals surface area contributed by atoms with Crippen LogP contribution < -0.4 is 0 Å². The number of carbonyl (C=O) groups is 4. The van der Waals surface area contributed by atoms with Crippen molar-refractivity contribution in [1.82, 2.24) is 0 Å². The van der Waals surface area contributed by atoms with Crippen molar-refractivity contribution < 1.29 is 80.2 Å². The van der Waals surface area contributed by atoms with Crippen LogP contribution in [0.3, 0.4) is 0 Å². The van der Waals surface area contributed by atoms with E-state index in [0.29, 0.717) is 25.7 Å². The van der Waals surface area contributed by atoms with Crippen molar-refractivity contribution in [2.45, 2.75) is 406 Å². The third-order valence-corrected chi connectivity index (χ3v) is 19.4. The van der Waals surface area contributed by atoms with E-state index in [4.69, 9.17) is 37.0 Å². The van der Waals surface area contributed by atoms with Crippen molar-refractivity contribution >= 4 is 39.5 Å². The van der Waals surface area contributed by atoms with Gasteiger partial charge in [-0.25, -0.2) is 9.13 Å². The van der Waals surface area contributed by atoms with E-state index in [2.05, 4.69) is 52.0 Å². The van der Waals surface area contributed by atoms with Gasteiger partial charge in [0.25, 0.3) is 0 Å². The third-order valence-electron chi connectivity index (χ3n) is 17.4.